The molecule has 94 valence electrons. The van der Waals surface area contributed by atoms with Crippen LogP contribution in [-0.2, 0) is 4.74 Å². The minimum atomic E-state index is -0.550. The SMILES string of the molecule is CCOCC(O)CNc1ccc(C(N)=O)cc1. The standard InChI is InChI=1S/C12H18N2O3/c1-2-17-8-11(15)7-14-10-5-3-9(4-6-10)12(13)16/h3-6,11,14-15H,2,7-8H2,1H3,(H2,13,16). The zero-order valence-electron chi connectivity index (χ0n) is 9.85. The average molecular weight is 238 g/mol. The third-order valence-corrected chi connectivity index (χ3v) is 2.23. The molecule has 5 heteroatoms. The fourth-order valence-electron chi connectivity index (χ4n) is 1.30. The first kappa shape index (κ1) is 13.5. The second-order valence-electron chi connectivity index (χ2n) is 3.64. The van der Waals surface area contributed by atoms with Crippen molar-refractivity contribution in [3.8, 4) is 0 Å². The number of hydrogen-bond acceptors (Lipinski definition) is 4. The van der Waals surface area contributed by atoms with Gasteiger partial charge in [0, 0.05) is 24.4 Å². The van der Waals surface area contributed by atoms with Crippen LogP contribution in [0.4, 0.5) is 5.69 Å². The van der Waals surface area contributed by atoms with Crippen LogP contribution in [-0.4, -0.2) is 36.9 Å². The number of nitrogens with two attached hydrogens (primary N) is 1. The number of hydrogen-bond donors (Lipinski definition) is 3. The number of carbonyl (C=O) groups is 1. The van der Waals surface area contributed by atoms with Gasteiger partial charge in [0.2, 0.25) is 5.91 Å². The molecule has 0 saturated heterocycles. The van der Waals surface area contributed by atoms with E-state index in [9.17, 15) is 9.90 Å². The summed E-state index contributed by atoms with van der Waals surface area (Å²) in [6.07, 6.45) is -0.550. The van der Waals surface area contributed by atoms with Crippen molar-refractivity contribution in [2.75, 3.05) is 25.1 Å². The highest BCUT2D eigenvalue weighted by Crippen LogP contribution is 2.09. The Balaban J connectivity index is 2.39. The van der Waals surface area contributed by atoms with Crippen molar-refractivity contribution in [1.82, 2.24) is 0 Å². The molecule has 1 aromatic rings. The van der Waals surface area contributed by atoms with Crippen LogP contribution >= 0.6 is 0 Å². The van der Waals surface area contributed by atoms with Gasteiger partial charge in [0.25, 0.3) is 0 Å². The van der Waals surface area contributed by atoms with Crippen molar-refractivity contribution in [3.05, 3.63) is 29.8 Å². The van der Waals surface area contributed by atoms with Gasteiger partial charge in [0.05, 0.1) is 12.7 Å². The predicted molar refractivity (Wildman–Crippen MR) is 65.9 cm³/mol. The van der Waals surface area contributed by atoms with Crippen LogP contribution in [0.25, 0.3) is 0 Å². The number of carbonyl (C=O) groups excluding carboxylic acids is 1. The number of ether oxygens (including phenoxy) is 1. The Kier molecular flexibility index (Phi) is 5.45. The summed E-state index contributed by atoms with van der Waals surface area (Å²) in [5, 5.41) is 12.6. The number of aliphatic hydroxyl groups excluding tert-OH is 1. The van der Waals surface area contributed by atoms with Crippen molar-refractivity contribution in [3.63, 3.8) is 0 Å². The van der Waals surface area contributed by atoms with E-state index in [4.69, 9.17) is 10.5 Å². The molecule has 5 nitrogen and oxygen atoms in total. The molecule has 0 aliphatic carbocycles. The maximum atomic E-state index is 10.8. The van der Waals surface area contributed by atoms with E-state index in [-0.39, 0.29) is 0 Å². The number of anilines is 1. The van der Waals surface area contributed by atoms with Crippen LogP contribution < -0.4 is 11.1 Å². The van der Waals surface area contributed by atoms with Crippen molar-refractivity contribution in [2.24, 2.45) is 5.73 Å². The van der Waals surface area contributed by atoms with Gasteiger partial charge in [0.1, 0.15) is 0 Å². The van der Waals surface area contributed by atoms with Crippen LogP contribution in [0.15, 0.2) is 24.3 Å². The minimum absolute atomic E-state index is 0.308. The lowest BCUT2D eigenvalue weighted by Crippen LogP contribution is -2.24. The van der Waals surface area contributed by atoms with Crippen molar-refractivity contribution < 1.29 is 14.6 Å². The van der Waals surface area contributed by atoms with Gasteiger partial charge in [-0.05, 0) is 31.2 Å². The summed E-state index contributed by atoms with van der Waals surface area (Å²) in [6.45, 7) is 3.17. The van der Waals surface area contributed by atoms with E-state index >= 15 is 0 Å². The first-order valence-electron chi connectivity index (χ1n) is 5.53. The first-order valence-corrected chi connectivity index (χ1v) is 5.53. The molecule has 0 spiro atoms. The third-order valence-electron chi connectivity index (χ3n) is 2.23. The Bertz CT molecular complexity index is 351. The van der Waals surface area contributed by atoms with E-state index in [1.807, 2.05) is 6.92 Å². The van der Waals surface area contributed by atoms with Crippen molar-refractivity contribution in [1.29, 1.82) is 0 Å². The minimum Gasteiger partial charge on any atom is -0.389 e. The molecule has 0 heterocycles. The molecule has 17 heavy (non-hydrogen) atoms. The van der Waals surface area contributed by atoms with E-state index in [1.54, 1.807) is 24.3 Å². The van der Waals surface area contributed by atoms with Gasteiger partial charge in [-0.15, -0.1) is 0 Å². The number of amides is 1. The van der Waals surface area contributed by atoms with E-state index in [0.29, 0.717) is 25.3 Å². The zero-order valence-corrected chi connectivity index (χ0v) is 9.85. The smallest absolute Gasteiger partial charge is 0.248 e. The Labute approximate surface area is 101 Å². The average Bonchev–Trinajstić information content (AvgIpc) is 2.34. The third kappa shape index (κ3) is 4.84. The number of aliphatic hydroxyl groups is 1. The van der Waals surface area contributed by atoms with Crippen LogP contribution in [0.5, 0.6) is 0 Å². The zero-order chi connectivity index (χ0) is 12.7. The highest BCUT2D eigenvalue weighted by atomic mass is 16.5. The first-order chi connectivity index (χ1) is 8.13. The summed E-state index contributed by atoms with van der Waals surface area (Å²) < 4.78 is 5.08. The summed E-state index contributed by atoms with van der Waals surface area (Å²) in [7, 11) is 0. The molecule has 1 amide bonds. The van der Waals surface area contributed by atoms with Gasteiger partial charge in [0.15, 0.2) is 0 Å². The van der Waals surface area contributed by atoms with Crippen LogP contribution in [0.1, 0.15) is 17.3 Å². The van der Waals surface area contributed by atoms with Crippen molar-refractivity contribution >= 4 is 11.6 Å². The Hall–Kier alpha value is -1.59. The molecule has 0 bridgehead atoms. The van der Waals surface area contributed by atoms with Gasteiger partial charge < -0.3 is 20.9 Å². The van der Waals surface area contributed by atoms with E-state index in [1.165, 1.54) is 0 Å². The van der Waals surface area contributed by atoms with Crippen LogP contribution in [0.2, 0.25) is 0 Å². The van der Waals surface area contributed by atoms with E-state index in [2.05, 4.69) is 5.32 Å². The lowest BCUT2D eigenvalue weighted by atomic mass is 10.2. The molecule has 0 aromatic heterocycles. The summed E-state index contributed by atoms with van der Waals surface area (Å²) in [5.74, 6) is -0.451. The Morgan fingerprint density at radius 3 is 2.65 bits per heavy atom. The van der Waals surface area contributed by atoms with Gasteiger partial charge in [-0.25, -0.2) is 0 Å². The van der Waals surface area contributed by atoms with E-state index < -0.39 is 12.0 Å². The molecular weight excluding hydrogens is 220 g/mol. The fraction of sp³-hybridized carbons (Fsp3) is 0.417. The molecule has 0 aliphatic rings. The number of benzene rings is 1. The second kappa shape index (κ2) is 6.88. The monoisotopic (exact) mass is 238 g/mol. The second-order valence-corrected chi connectivity index (χ2v) is 3.64. The molecule has 1 unspecified atom stereocenters. The summed E-state index contributed by atoms with van der Waals surface area (Å²) in [5.41, 5.74) is 6.41. The molecular formula is C12H18N2O3. The van der Waals surface area contributed by atoms with Crippen LogP contribution in [0, 0.1) is 0 Å². The molecule has 1 atom stereocenters. The highest BCUT2D eigenvalue weighted by Gasteiger charge is 2.04. The van der Waals surface area contributed by atoms with Gasteiger partial charge in [-0.2, -0.15) is 0 Å². The molecule has 0 fully saturated rings. The maximum absolute atomic E-state index is 10.8. The Morgan fingerprint density at radius 1 is 1.47 bits per heavy atom. The molecule has 0 radical (unpaired) electrons. The number of primary amides is 1. The maximum Gasteiger partial charge on any atom is 0.248 e. The number of rotatable bonds is 7. The lowest BCUT2D eigenvalue weighted by Gasteiger charge is -2.12. The summed E-state index contributed by atoms with van der Waals surface area (Å²) in [4.78, 5) is 10.8. The summed E-state index contributed by atoms with van der Waals surface area (Å²) >= 11 is 0. The fourth-order valence-corrected chi connectivity index (χ4v) is 1.30. The van der Waals surface area contributed by atoms with E-state index in [0.717, 1.165) is 5.69 Å². The largest absolute Gasteiger partial charge is 0.389 e. The molecule has 1 rings (SSSR count). The topological polar surface area (TPSA) is 84.6 Å². The number of nitrogens with one attached hydrogen (secondary N) is 1. The van der Waals surface area contributed by atoms with Gasteiger partial charge in [-0.3, -0.25) is 4.79 Å². The molecule has 4 N–H and O–H groups in total. The van der Waals surface area contributed by atoms with Crippen molar-refractivity contribution in [2.45, 2.75) is 13.0 Å². The lowest BCUT2D eigenvalue weighted by molar-refractivity contribution is 0.0496. The Morgan fingerprint density at radius 2 is 2.12 bits per heavy atom. The normalized spacial score (nSPS) is 12.1. The molecule has 0 aliphatic heterocycles. The summed E-state index contributed by atoms with van der Waals surface area (Å²) in [6, 6.07) is 6.76. The van der Waals surface area contributed by atoms with Gasteiger partial charge in [-0.1, -0.05) is 0 Å². The highest BCUT2D eigenvalue weighted by molar-refractivity contribution is 5.93. The van der Waals surface area contributed by atoms with Crippen LogP contribution in [0.3, 0.4) is 0 Å². The molecule has 1 aromatic carbocycles. The quantitative estimate of drug-likeness (QED) is 0.649. The molecule has 0 saturated carbocycles. The van der Waals surface area contributed by atoms with Gasteiger partial charge >= 0.3 is 0 Å². The predicted octanol–water partition coefficient (Wildman–Crippen LogP) is 0.595.